The van der Waals surface area contributed by atoms with Crippen molar-refractivity contribution in [2.45, 2.75) is 37.4 Å². The van der Waals surface area contributed by atoms with Gasteiger partial charge in [0.15, 0.2) is 0 Å². The number of hydrogen-bond donors (Lipinski definition) is 3. The van der Waals surface area contributed by atoms with Crippen LogP contribution in [-0.4, -0.2) is 63.9 Å². The number of nitrogens with one attached hydrogen (secondary N) is 1. The third-order valence-electron chi connectivity index (χ3n) is 4.05. The lowest BCUT2D eigenvalue weighted by atomic mass is 10.0. The minimum absolute atomic E-state index is 0.120. The fraction of sp³-hybridized carbons (Fsp3) is 0.562. The Kier molecular flexibility index (Phi) is 5.71. The molecule has 4 atom stereocenters. The van der Waals surface area contributed by atoms with E-state index >= 15 is 0 Å². The van der Waals surface area contributed by atoms with Gasteiger partial charge >= 0.3 is 5.69 Å². The first-order valence-corrected chi connectivity index (χ1v) is 10.8. The van der Waals surface area contributed by atoms with Gasteiger partial charge in [0, 0.05) is 12.7 Å². The summed E-state index contributed by atoms with van der Waals surface area (Å²) in [6.07, 6.45) is 4.51. The van der Waals surface area contributed by atoms with Crippen LogP contribution in [0.4, 0.5) is 0 Å². The van der Waals surface area contributed by atoms with Crippen LogP contribution in [0.3, 0.4) is 0 Å². The lowest BCUT2D eigenvalue weighted by Gasteiger charge is -2.18. The number of nitrogens with zero attached hydrogens (tertiary/aromatic N) is 1. The first-order valence-electron chi connectivity index (χ1n) is 7.77. The van der Waals surface area contributed by atoms with Gasteiger partial charge in [-0.15, -0.1) is 19.8 Å². The summed E-state index contributed by atoms with van der Waals surface area (Å²) < 4.78 is 7.02. The monoisotopic (exact) mass is 356 g/mol. The van der Waals surface area contributed by atoms with Crippen molar-refractivity contribution in [1.29, 1.82) is 0 Å². The van der Waals surface area contributed by atoms with Gasteiger partial charge in [-0.2, -0.15) is 0 Å². The molecule has 2 heterocycles. The van der Waals surface area contributed by atoms with Crippen molar-refractivity contribution in [3.63, 3.8) is 0 Å². The first kappa shape index (κ1) is 18.9. The van der Waals surface area contributed by atoms with Crippen molar-refractivity contribution in [3.05, 3.63) is 45.3 Å². The zero-order valence-corrected chi connectivity index (χ0v) is 14.9. The van der Waals surface area contributed by atoms with Gasteiger partial charge in [0.25, 0.3) is 5.56 Å². The molecule has 1 unspecified atom stereocenters. The van der Waals surface area contributed by atoms with Crippen LogP contribution in [0.15, 0.2) is 28.4 Å². The molecule has 8 heteroatoms. The molecule has 7 nitrogen and oxygen atoms in total. The number of aromatic amines is 1. The van der Waals surface area contributed by atoms with E-state index < -0.39 is 42.6 Å². The normalized spacial score (nSPS) is 27.3. The summed E-state index contributed by atoms with van der Waals surface area (Å²) in [5, 5.41) is 20.5. The highest BCUT2D eigenvalue weighted by molar-refractivity contribution is 7.72. The van der Waals surface area contributed by atoms with Crippen LogP contribution in [0.5, 0.6) is 0 Å². The Morgan fingerprint density at radius 2 is 2.04 bits per heavy atom. The SMILES string of the molecule is C=CCn1cc([C@@H]2O[C@H](CCP(=C)(C)C)[C@@H](O)C2O)c(=O)[nH]c1=O. The third-order valence-corrected chi connectivity index (χ3v) is 5.52. The summed E-state index contributed by atoms with van der Waals surface area (Å²) in [6.45, 7) is 6.65. The smallest absolute Gasteiger partial charge is 0.328 e. The number of ether oxygens (including phenoxy) is 1. The Hall–Kier alpha value is -1.40. The molecule has 0 radical (unpaired) electrons. The molecule has 0 spiro atoms. The standard InChI is InChI=1S/C16H25N2O5P/c1-5-7-18-9-10(15(21)17-16(18)22)14-13(20)12(19)11(23-14)6-8-24(2,3)4/h5,9,11-14,19-20H,1-2,6-8H2,3-4H3,(H,17,21,22)/t11-,12-,13?,14+/m1/s1. The summed E-state index contributed by atoms with van der Waals surface area (Å²) >= 11 is 0. The molecule has 0 bridgehead atoms. The predicted octanol–water partition coefficient (Wildman–Crippen LogP) is -0.0164. The van der Waals surface area contributed by atoms with Crippen molar-refractivity contribution >= 4 is 13.2 Å². The highest BCUT2D eigenvalue weighted by Crippen LogP contribution is 2.40. The highest BCUT2D eigenvalue weighted by atomic mass is 31.2. The molecular formula is C16H25N2O5P. The molecule has 1 aromatic rings. The van der Waals surface area contributed by atoms with Crippen molar-refractivity contribution < 1.29 is 14.9 Å². The average molecular weight is 356 g/mol. The molecular weight excluding hydrogens is 331 g/mol. The summed E-state index contributed by atoms with van der Waals surface area (Å²) in [7, 11) is 0. The second-order valence-electron chi connectivity index (χ2n) is 6.81. The Balaban J connectivity index is 2.28. The third kappa shape index (κ3) is 4.16. The summed E-state index contributed by atoms with van der Waals surface area (Å²) in [4.78, 5) is 26.0. The number of hydrogen-bond acceptors (Lipinski definition) is 5. The second kappa shape index (κ2) is 7.23. The predicted molar refractivity (Wildman–Crippen MR) is 96.5 cm³/mol. The molecule has 1 aliphatic heterocycles. The number of aliphatic hydroxyl groups excluding tert-OH is 2. The molecule has 3 N–H and O–H groups in total. The van der Waals surface area contributed by atoms with Crippen LogP contribution < -0.4 is 11.2 Å². The van der Waals surface area contributed by atoms with Crippen LogP contribution in [0.1, 0.15) is 18.1 Å². The lowest BCUT2D eigenvalue weighted by Crippen LogP contribution is -2.35. The maximum absolute atomic E-state index is 12.1. The Labute approximate surface area is 140 Å². The Morgan fingerprint density at radius 3 is 2.62 bits per heavy atom. The molecule has 1 fully saturated rings. The molecule has 0 aromatic carbocycles. The number of H-pyrrole nitrogens is 1. The molecule has 24 heavy (non-hydrogen) atoms. The summed E-state index contributed by atoms with van der Waals surface area (Å²) in [5.74, 6) is 0. The van der Waals surface area contributed by atoms with Crippen LogP contribution in [0.25, 0.3) is 0 Å². The summed E-state index contributed by atoms with van der Waals surface area (Å²) in [6, 6.07) is 0. The van der Waals surface area contributed by atoms with Gasteiger partial charge in [-0.3, -0.25) is 14.3 Å². The van der Waals surface area contributed by atoms with Gasteiger partial charge in [-0.1, -0.05) is 6.08 Å². The van der Waals surface area contributed by atoms with Crippen LogP contribution in [-0.2, 0) is 11.3 Å². The van der Waals surface area contributed by atoms with E-state index in [1.807, 2.05) is 0 Å². The zero-order chi connectivity index (χ0) is 18.1. The fourth-order valence-electron chi connectivity index (χ4n) is 2.72. The largest absolute Gasteiger partial charge is 0.388 e. The van der Waals surface area contributed by atoms with Crippen molar-refractivity contribution in [3.8, 4) is 0 Å². The van der Waals surface area contributed by atoms with Crippen molar-refractivity contribution in [1.82, 2.24) is 9.55 Å². The molecule has 0 saturated carbocycles. The number of rotatable bonds is 6. The van der Waals surface area contributed by atoms with Gasteiger partial charge in [0.1, 0.15) is 18.3 Å². The molecule has 0 amide bonds. The van der Waals surface area contributed by atoms with E-state index in [4.69, 9.17) is 4.74 Å². The maximum Gasteiger partial charge on any atom is 0.328 e. The molecule has 1 saturated heterocycles. The topological polar surface area (TPSA) is 105 Å². The minimum atomic E-state index is -1.29. The molecule has 1 aromatic heterocycles. The first-order chi connectivity index (χ1) is 11.1. The van der Waals surface area contributed by atoms with Gasteiger partial charge < -0.3 is 14.9 Å². The number of aliphatic hydroxyl groups is 2. The molecule has 1 aliphatic rings. The minimum Gasteiger partial charge on any atom is -0.388 e. The van der Waals surface area contributed by atoms with Crippen molar-refractivity contribution in [2.75, 3.05) is 19.5 Å². The van der Waals surface area contributed by atoms with Crippen LogP contribution >= 0.6 is 6.89 Å². The van der Waals surface area contributed by atoms with Gasteiger partial charge in [0.2, 0.25) is 0 Å². The molecule has 134 valence electrons. The average Bonchev–Trinajstić information content (AvgIpc) is 2.75. The van der Waals surface area contributed by atoms with E-state index in [0.29, 0.717) is 6.42 Å². The van der Waals surface area contributed by atoms with Gasteiger partial charge in [0.05, 0.1) is 11.7 Å². The van der Waals surface area contributed by atoms with E-state index in [2.05, 4.69) is 31.2 Å². The van der Waals surface area contributed by atoms with E-state index in [1.165, 1.54) is 16.8 Å². The maximum atomic E-state index is 12.1. The Morgan fingerprint density at radius 1 is 1.38 bits per heavy atom. The van der Waals surface area contributed by atoms with Crippen LogP contribution in [0.2, 0.25) is 0 Å². The lowest BCUT2D eigenvalue weighted by molar-refractivity contribution is 0.00496. The Bertz CT molecular complexity index is 762. The van der Waals surface area contributed by atoms with Gasteiger partial charge in [-0.05, 0) is 25.9 Å². The highest BCUT2D eigenvalue weighted by Gasteiger charge is 2.44. The van der Waals surface area contributed by atoms with Gasteiger partial charge in [-0.25, -0.2) is 4.79 Å². The van der Waals surface area contributed by atoms with E-state index in [9.17, 15) is 19.8 Å². The van der Waals surface area contributed by atoms with E-state index in [0.717, 1.165) is 6.16 Å². The second-order valence-corrected chi connectivity index (χ2v) is 11.1. The quantitative estimate of drug-likeness (QED) is 0.491. The fourth-order valence-corrected chi connectivity index (χ4v) is 3.68. The van der Waals surface area contributed by atoms with Crippen LogP contribution in [0, 0.1) is 0 Å². The molecule has 0 aliphatic carbocycles. The zero-order valence-electron chi connectivity index (χ0n) is 14.0. The molecule has 2 rings (SSSR count). The van der Waals surface area contributed by atoms with E-state index in [-0.39, 0.29) is 12.1 Å². The summed E-state index contributed by atoms with van der Waals surface area (Å²) in [5.41, 5.74) is -1.06. The van der Waals surface area contributed by atoms with Crippen molar-refractivity contribution in [2.24, 2.45) is 0 Å². The number of aromatic nitrogens is 2. The van der Waals surface area contributed by atoms with E-state index in [1.54, 1.807) is 0 Å². The number of allylic oxidation sites excluding steroid dienone is 1.